The number of sulfonamides is 1. The maximum Gasteiger partial charge on any atom is 0.308 e. The Morgan fingerprint density at radius 3 is 2.26 bits per heavy atom. The number of carbonyl (C=O) groups excluding carboxylic acids is 2. The summed E-state index contributed by atoms with van der Waals surface area (Å²) < 4.78 is 32.8. The quantitative estimate of drug-likeness (QED) is 0.210. The third kappa shape index (κ3) is 6.91. The number of hydrogen-bond donors (Lipinski definition) is 1. The molecule has 0 bridgehead atoms. The van der Waals surface area contributed by atoms with Crippen LogP contribution in [-0.4, -0.2) is 33.1 Å². The Morgan fingerprint density at radius 1 is 1.00 bits per heavy atom. The number of aryl methyl sites for hydroxylation is 2. The molecule has 3 aromatic rings. The molecule has 0 aromatic heterocycles. The topological polar surface area (TPSA) is 105 Å². The van der Waals surface area contributed by atoms with Crippen molar-refractivity contribution in [2.45, 2.75) is 25.7 Å². The minimum absolute atomic E-state index is 0.00398. The summed E-state index contributed by atoms with van der Waals surface area (Å²) in [6.45, 7) is 4.59. The summed E-state index contributed by atoms with van der Waals surface area (Å²) in [6, 6.07) is 17.4. The molecule has 0 aliphatic rings. The molecule has 35 heavy (non-hydrogen) atoms. The van der Waals surface area contributed by atoms with Crippen LogP contribution < -0.4 is 14.5 Å². The Balaban J connectivity index is 1.80. The molecule has 0 saturated carbocycles. The second kappa shape index (κ2) is 11.2. The Labute approximate surface area is 209 Å². The van der Waals surface area contributed by atoms with Crippen LogP contribution in [0.15, 0.2) is 76.7 Å². The molecular formula is C25H24ClN3O5S. The first kappa shape index (κ1) is 25.9. The maximum absolute atomic E-state index is 13.4. The average Bonchev–Trinajstić information content (AvgIpc) is 2.80. The van der Waals surface area contributed by atoms with E-state index in [0.717, 1.165) is 15.4 Å². The van der Waals surface area contributed by atoms with Crippen molar-refractivity contribution in [3.8, 4) is 5.75 Å². The molecule has 0 saturated heterocycles. The average molecular weight is 514 g/mol. The van der Waals surface area contributed by atoms with Crippen LogP contribution in [0.25, 0.3) is 0 Å². The molecule has 1 amide bonds. The highest BCUT2D eigenvalue weighted by molar-refractivity contribution is 7.92. The zero-order valence-corrected chi connectivity index (χ0v) is 20.9. The number of anilines is 1. The third-order valence-electron chi connectivity index (χ3n) is 5.01. The molecule has 182 valence electrons. The van der Waals surface area contributed by atoms with Crippen molar-refractivity contribution < 1.29 is 22.7 Å². The van der Waals surface area contributed by atoms with E-state index in [1.165, 1.54) is 37.4 Å². The molecule has 0 aliphatic carbocycles. The van der Waals surface area contributed by atoms with Gasteiger partial charge in [0.05, 0.1) is 16.8 Å². The number of carbonyl (C=O) groups is 2. The van der Waals surface area contributed by atoms with Gasteiger partial charge in [-0.2, -0.15) is 5.10 Å². The minimum atomic E-state index is -4.07. The van der Waals surface area contributed by atoms with E-state index >= 15 is 0 Å². The van der Waals surface area contributed by atoms with E-state index in [2.05, 4.69) is 10.5 Å². The predicted octanol–water partition coefficient (Wildman–Crippen LogP) is 4.23. The van der Waals surface area contributed by atoms with E-state index in [0.29, 0.717) is 22.0 Å². The van der Waals surface area contributed by atoms with Gasteiger partial charge in [0, 0.05) is 11.9 Å². The van der Waals surface area contributed by atoms with Gasteiger partial charge in [0.15, 0.2) is 0 Å². The number of nitrogens with one attached hydrogen (secondary N) is 1. The first-order valence-corrected chi connectivity index (χ1v) is 12.3. The van der Waals surface area contributed by atoms with Gasteiger partial charge < -0.3 is 4.74 Å². The number of ether oxygens (including phenoxy) is 1. The van der Waals surface area contributed by atoms with Crippen LogP contribution in [0.5, 0.6) is 5.75 Å². The Morgan fingerprint density at radius 2 is 1.66 bits per heavy atom. The van der Waals surface area contributed by atoms with Gasteiger partial charge in [0.25, 0.3) is 15.9 Å². The lowest BCUT2D eigenvalue weighted by Crippen LogP contribution is -2.39. The van der Waals surface area contributed by atoms with Crippen LogP contribution in [-0.2, 0) is 19.6 Å². The van der Waals surface area contributed by atoms with Crippen molar-refractivity contribution in [2.24, 2.45) is 5.10 Å². The van der Waals surface area contributed by atoms with E-state index < -0.39 is 28.4 Å². The summed E-state index contributed by atoms with van der Waals surface area (Å²) in [4.78, 5) is 23.7. The Kier molecular flexibility index (Phi) is 8.26. The monoisotopic (exact) mass is 513 g/mol. The molecule has 0 heterocycles. The summed E-state index contributed by atoms with van der Waals surface area (Å²) in [5.74, 6) is -0.677. The fraction of sp³-hybridized carbons (Fsp3) is 0.160. The van der Waals surface area contributed by atoms with Gasteiger partial charge in [0.1, 0.15) is 12.3 Å². The molecule has 0 aliphatic heterocycles. The number of esters is 1. The molecule has 10 heteroatoms. The van der Waals surface area contributed by atoms with Crippen LogP contribution in [0.3, 0.4) is 0 Å². The van der Waals surface area contributed by atoms with Crippen molar-refractivity contribution in [1.82, 2.24) is 5.43 Å². The number of hydrazone groups is 1. The van der Waals surface area contributed by atoms with Gasteiger partial charge in [-0.15, -0.1) is 0 Å². The van der Waals surface area contributed by atoms with Crippen LogP contribution >= 0.6 is 11.6 Å². The van der Waals surface area contributed by atoms with E-state index in [-0.39, 0.29) is 4.90 Å². The lowest BCUT2D eigenvalue weighted by Gasteiger charge is -2.24. The number of amides is 1. The van der Waals surface area contributed by atoms with Gasteiger partial charge >= 0.3 is 5.97 Å². The molecule has 8 nitrogen and oxygen atoms in total. The number of benzene rings is 3. The standard InChI is InChI=1S/C25H24ClN3O5S/c1-17-4-9-22(14-18(17)2)29(35(32,33)24-12-7-21(26)8-13-24)16-25(31)28-27-15-20-5-10-23(11-6-20)34-19(3)30/h4-15H,16H2,1-3H3,(H,28,31)/b27-15-. The third-order valence-corrected chi connectivity index (χ3v) is 7.05. The van der Waals surface area contributed by atoms with E-state index in [4.69, 9.17) is 16.3 Å². The fourth-order valence-electron chi connectivity index (χ4n) is 3.06. The zero-order chi connectivity index (χ0) is 25.6. The highest BCUT2D eigenvalue weighted by Crippen LogP contribution is 2.26. The normalized spacial score (nSPS) is 11.3. The summed E-state index contributed by atoms with van der Waals surface area (Å²) in [5.41, 5.74) is 5.22. The van der Waals surface area contributed by atoms with Crippen LogP contribution in [0.4, 0.5) is 5.69 Å². The zero-order valence-electron chi connectivity index (χ0n) is 19.4. The molecule has 0 spiro atoms. The van der Waals surface area contributed by atoms with Crippen molar-refractivity contribution in [2.75, 3.05) is 10.8 Å². The van der Waals surface area contributed by atoms with Crippen molar-refractivity contribution in [1.29, 1.82) is 0 Å². The first-order chi connectivity index (χ1) is 16.6. The number of halogens is 1. The van der Waals surface area contributed by atoms with Gasteiger partial charge in [0.2, 0.25) is 0 Å². The number of rotatable bonds is 8. The van der Waals surface area contributed by atoms with Crippen molar-refractivity contribution in [3.63, 3.8) is 0 Å². The molecule has 0 unspecified atom stereocenters. The van der Waals surface area contributed by atoms with Crippen LogP contribution in [0.2, 0.25) is 5.02 Å². The summed E-state index contributed by atoms with van der Waals surface area (Å²) in [5, 5.41) is 4.30. The summed E-state index contributed by atoms with van der Waals surface area (Å²) in [7, 11) is -4.07. The SMILES string of the molecule is CC(=O)Oc1ccc(/C=N\NC(=O)CN(c2ccc(C)c(C)c2)S(=O)(=O)c2ccc(Cl)cc2)cc1. The second-order valence-electron chi connectivity index (χ2n) is 7.69. The second-order valence-corrected chi connectivity index (χ2v) is 9.99. The van der Waals surface area contributed by atoms with Gasteiger partial charge in [-0.25, -0.2) is 13.8 Å². The Hall–Kier alpha value is -3.69. The molecule has 0 radical (unpaired) electrons. The molecule has 0 fully saturated rings. The highest BCUT2D eigenvalue weighted by Gasteiger charge is 2.27. The molecule has 3 rings (SSSR count). The minimum Gasteiger partial charge on any atom is -0.427 e. The molecule has 0 atom stereocenters. The maximum atomic E-state index is 13.4. The smallest absolute Gasteiger partial charge is 0.308 e. The van der Waals surface area contributed by atoms with E-state index in [1.807, 2.05) is 13.8 Å². The molecule has 1 N–H and O–H groups in total. The van der Waals surface area contributed by atoms with Crippen molar-refractivity contribution in [3.05, 3.63) is 88.4 Å². The Bertz CT molecular complexity index is 1350. The van der Waals surface area contributed by atoms with Crippen LogP contribution in [0.1, 0.15) is 23.6 Å². The number of hydrogen-bond acceptors (Lipinski definition) is 6. The van der Waals surface area contributed by atoms with E-state index in [1.54, 1.807) is 42.5 Å². The molecule has 3 aromatic carbocycles. The van der Waals surface area contributed by atoms with Gasteiger partial charge in [-0.1, -0.05) is 17.7 Å². The highest BCUT2D eigenvalue weighted by atomic mass is 35.5. The van der Waals surface area contributed by atoms with Gasteiger partial charge in [-0.05, 0) is 91.2 Å². The van der Waals surface area contributed by atoms with Crippen molar-refractivity contribution >= 4 is 45.4 Å². The lowest BCUT2D eigenvalue weighted by atomic mass is 10.1. The fourth-order valence-corrected chi connectivity index (χ4v) is 4.60. The van der Waals surface area contributed by atoms with E-state index in [9.17, 15) is 18.0 Å². The van der Waals surface area contributed by atoms with Gasteiger partial charge in [-0.3, -0.25) is 13.9 Å². The molecular weight excluding hydrogens is 490 g/mol. The summed E-state index contributed by atoms with van der Waals surface area (Å²) in [6.07, 6.45) is 1.39. The predicted molar refractivity (Wildman–Crippen MR) is 135 cm³/mol. The number of nitrogens with zero attached hydrogens (tertiary/aromatic N) is 2. The summed E-state index contributed by atoms with van der Waals surface area (Å²) >= 11 is 5.91. The van der Waals surface area contributed by atoms with Crippen LogP contribution in [0, 0.1) is 13.8 Å². The first-order valence-electron chi connectivity index (χ1n) is 10.5. The lowest BCUT2D eigenvalue weighted by molar-refractivity contribution is -0.131. The largest absolute Gasteiger partial charge is 0.427 e.